The van der Waals surface area contributed by atoms with Gasteiger partial charge in [-0.15, -0.1) is 5.10 Å². The van der Waals surface area contributed by atoms with Crippen molar-refractivity contribution in [1.29, 1.82) is 0 Å². The summed E-state index contributed by atoms with van der Waals surface area (Å²) in [5.41, 5.74) is 4.01. The fourth-order valence-electron chi connectivity index (χ4n) is 2.29. The lowest BCUT2D eigenvalue weighted by atomic mass is 10.2. The van der Waals surface area contributed by atoms with E-state index in [4.69, 9.17) is 4.74 Å². The molecule has 0 fully saturated rings. The average molecular weight is 524 g/mol. The highest BCUT2D eigenvalue weighted by molar-refractivity contribution is 14.1. The minimum absolute atomic E-state index is 0.0829. The number of aromatic hydroxyl groups is 1. The van der Waals surface area contributed by atoms with Gasteiger partial charge in [-0.1, -0.05) is 30.3 Å². The van der Waals surface area contributed by atoms with Crippen molar-refractivity contribution in [3.8, 4) is 22.9 Å². The molecule has 0 aliphatic heterocycles. The van der Waals surface area contributed by atoms with Gasteiger partial charge < -0.3 is 9.84 Å². The van der Waals surface area contributed by atoms with E-state index in [9.17, 15) is 9.90 Å². The maximum absolute atomic E-state index is 12.1. The second kappa shape index (κ2) is 10.2. The summed E-state index contributed by atoms with van der Waals surface area (Å²) in [6.07, 6.45) is 1.49. The highest BCUT2D eigenvalue weighted by Gasteiger charge is 2.11. The number of hydrazone groups is 1. The first-order valence-corrected chi connectivity index (χ1v) is 10.5. The highest BCUT2D eigenvalue weighted by atomic mass is 127. The Morgan fingerprint density at radius 2 is 2.17 bits per heavy atom. The summed E-state index contributed by atoms with van der Waals surface area (Å²) >= 11 is 3.16. The van der Waals surface area contributed by atoms with Crippen LogP contribution in [0.25, 0.3) is 11.4 Å². The normalized spacial score (nSPS) is 11.0. The molecule has 0 spiro atoms. The van der Waals surface area contributed by atoms with Gasteiger partial charge in [0.2, 0.25) is 0 Å². The number of phenolic OH excluding ortho intramolecular Hbond substituents is 1. The first-order valence-electron chi connectivity index (χ1n) is 8.52. The van der Waals surface area contributed by atoms with Gasteiger partial charge in [-0.2, -0.15) is 9.19 Å². The van der Waals surface area contributed by atoms with E-state index < -0.39 is 0 Å². The fourth-order valence-corrected chi connectivity index (χ4v) is 3.56. The molecule has 0 aliphatic carbocycles. The van der Waals surface area contributed by atoms with Crippen molar-refractivity contribution >= 4 is 46.7 Å². The number of amides is 1. The van der Waals surface area contributed by atoms with Crippen molar-refractivity contribution in [2.24, 2.45) is 5.10 Å². The summed E-state index contributed by atoms with van der Waals surface area (Å²) in [6, 6.07) is 12.9. The molecule has 1 heterocycles. The summed E-state index contributed by atoms with van der Waals surface area (Å²) in [6.45, 7) is 2.26. The fraction of sp³-hybridized carbons (Fsp3) is 0.167. The number of nitrogens with one attached hydrogen (secondary N) is 1. The predicted octanol–water partition coefficient (Wildman–Crippen LogP) is 2.70. The number of halogens is 1. The Morgan fingerprint density at radius 3 is 2.93 bits per heavy atom. The van der Waals surface area contributed by atoms with E-state index in [0.29, 0.717) is 27.3 Å². The maximum Gasteiger partial charge on any atom is 0.251 e. The smallest absolute Gasteiger partial charge is 0.251 e. The minimum Gasteiger partial charge on any atom is -0.504 e. The molecule has 2 aromatic carbocycles. The predicted molar refractivity (Wildman–Crippen MR) is 119 cm³/mol. The van der Waals surface area contributed by atoms with Crippen LogP contribution in [0, 0.1) is 3.57 Å². The molecule has 0 atom stereocenters. The van der Waals surface area contributed by atoms with Crippen LogP contribution in [-0.4, -0.2) is 49.2 Å². The van der Waals surface area contributed by atoms with E-state index in [-0.39, 0.29) is 17.4 Å². The van der Waals surface area contributed by atoms with Crippen LogP contribution < -0.4 is 10.2 Å². The largest absolute Gasteiger partial charge is 0.504 e. The maximum atomic E-state index is 12.1. The number of rotatable bonds is 8. The van der Waals surface area contributed by atoms with E-state index in [0.717, 1.165) is 17.5 Å². The Kier molecular flexibility index (Phi) is 7.41. The van der Waals surface area contributed by atoms with Crippen LogP contribution in [0.2, 0.25) is 0 Å². The SMILES string of the molecule is CCOc1cc(C=NNC(=O)CSn2nnnc2-c2ccccc2)cc(I)c1O. The van der Waals surface area contributed by atoms with Crippen LogP contribution in [0.15, 0.2) is 47.6 Å². The van der Waals surface area contributed by atoms with Gasteiger partial charge in [0, 0.05) is 5.56 Å². The molecule has 0 saturated heterocycles. The number of carbonyl (C=O) groups is 1. The van der Waals surface area contributed by atoms with Gasteiger partial charge in [0.05, 0.1) is 22.1 Å². The Labute approximate surface area is 184 Å². The Balaban J connectivity index is 1.57. The molecule has 9 nitrogen and oxygen atoms in total. The lowest BCUT2D eigenvalue weighted by Gasteiger charge is -2.08. The number of carbonyl (C=O) groups excluding carboxylic acids is 1. The molecule has 0 unspecified atom stereocenters. The Bertz CT molecular complexity index is 1010. The molecule has 11 heteroatoms. The van der Waals surface area contributed by atoms with Crippen molar-refractivity contribution in [1.82, 2.24) is 25.0 Å². The second-order valence-electron chi connectivity index (χ2n) is 5.59. The van der Waals surface area contributed by atoms with Gasteiger partial charge in [0.15, 0.2) is 17.3 Å². The number of aromatic nitrogens is 4. The van der Waals surface area contributed by atoms with Gasteiger partial charge in [-0.3, -0.25) is 4.79 Å². The average Bonchev–Trinajstić information content (AvgIpc) is 3.19. The molecule has 150 valence electrons. The van der Waals surface area contributed by atoms with E-state index in [1.165, 1.54) is 10.3 Å². The van der Waals surface area contributed by atoms with Gasteiger partial charge in [0.1, 0.15) is 0 Å². The lowest BCUT2D eigenvalue weighted by molar-refractivity contribution is -0.118. The molecule has 1 amide bonds. The summed E-state index contributed by atoms with van der Waals surface area (Å²) in [7, 11) is 0. The molecular formula is C18H17IN6O3S. The van der Waals surface area contributed by atoms with Crippen LogP contribution in [0.5, 0.6) is 11.5 Å². The van der Waals surface area contributed by atoms with Crippen molar-refractivity contribution in [2.75, 3.05) is 12.4 Å². The molecule has 29 heavy (non-hydrogen) atoms. The number of tetrazole rings is 1. The molecule has 2 N–H and O–H groups in total. The third kappa shape index (κ3) is 5.67. The molecule has 0 bridgehead atoms. The van der Waals surface area contributed by atoms with Crippen molar-refractivity contribution in [2.45, 2.75) is 6.92 Å². The first-order chi connectivity index (χ1) is 14.1. The van der Waals surface area contributed by atoms with Crippen LogP contribution >= 0.6 is 34.5 Å². The van der Waals surface area contributed by atoms with Gasteiger partial charge in [0.25, 0.3) is 5.91 Å². The van der Waals surface area contributed by atoms with Crippen molar-refractivity contribution < 1.29 is 14.6 Å². The highest BCUT2D eigenvalue weighted by Crippen LogP contribution is 2.32. The van der Waals surface area contributed by atoms with Gasteiger partial charge >= 0.3 is 0 Å². The quantitative estimate of drug-likeness (QED) is 0.265. The summed E-state index contributed by atoms with van der Waals surface area (Å²) in [5, 5.41) is 25.5. The van der Waals surface area contributed by atoms with Crippen LogP contribution in [0.4, 0.5) is 0 Å². The first kappa shape index (κ1) is 21.0. The zero-order valence-electron chi connectivity index (χ0n) is 15.3. The zero-order valence-corrected chi connectivity index (χ0v) is 18.3. The molecule has 1 aromatic heterocycles. The van der Waals surface area contributed by atoms with Crippen molar-refractivity contribution in [3.05, 3.63) is 51.6 Å². The number of hydrogen-bond donors (Lipinski definition) is 2. The minimum atomic E-state index is -0.306. The molecule has 3 aromatic rings. The summed E-state index contributed by atoms with van der Waals surface area (Å²) in [4.78, 5) is 12.1. The summed E-state index contributed by atoms with van der Waals surface area (Å²) < 4.78 is 7.51. The van der Waals surface area contributed by atoms with Crippen LogP contribution in [-0.2, 0) is 4.79 Å². The topological polar surface area (TPSA) is 115 Å². The van der Waals surface area contributed by atoms with E-state index in [1.54, 1.807) is 12.1 Å². The van der Waals surface area contributed by atoms with Gasteiger partial charge in [-0.25, -0.2) is 5.43 Å². The Hall–Kier alpha value is -2.67. The van der Waals surface area contributed by atoms with E-state index in [2.05, 4.69) is 26.1 Å². The Morgan fingerprint density at radius 1 is 1.38 bits per heavy atom. The number of ether oxygens (including phenoxy) is 1. The van der Waals surface area contributed by atoms with Crippen LogP contribution in [0.1, 0.15) is 12.5 Å². The zero-order chi connectivity index (χ0) is 20.6. The third-order valence-corrected chi connectivity index (χ3v) is 5.25. The molecule has 0 radical (unpaired) electrons. The third-order valence-electron chi connectivity index (χ3n) is 3.55. The second-order valence-corrected chi connectivity index (χ2v) is 7.65. The monoisotopic (exact) mass is 524 g/mol. The number of benzene rings is 2. The molecule has 0 saturated carbocycles. The molecule has 0 aliphatic rings. The number of hydrogen-bond acceptors (Lipinski definition) is 8. The molecular weight excluding hydrogens is 507 g/mol. The van der Waals surface area contributed by atoms with Gasteiger partial charge in [-0.05, 0) is 69.6 Å². The van der Waals surface area contributed by atoms with Crippen LogP contribution in [0.3, 0.4) is 0 Å². The van der Waals surface area contributed by atoms with E-state index >= 15 is 0 Å². The van der Waals surface area contributed by atoms with E-state index in [1.807, 2.05) is 59.8 Å². The number of nitrogens with zero attached hydrogens (tertiary/aromatic N) is 5. The standard InChI is InChI=1S/C18H17IN6O3S/c1-2-28-15-9-12(8-14(19)17(15)27)10-20-21-16(26)11-29-25-18(22-23-24-25)13-6-4-3-5-7-13/h3-10,27H,2,11H2,1H3,(H,21,26). The lowest BCUT2D eigenvalue weighted by Crippen LogP contribution is -2.20. The number of phenols is 1. The van der Waals surface area contributed by atoms with Crippen molar-refractivity contribution in [3.63, 3.8) is 0 Å². The molecule has 3 rings (SSSR count). The summed E-state index contributed by atoms with van der Waals surface area (Å²) in [5.74, 6) is 0.795.